The van der Waals surface area contributed by atoms with Crippen molar-refractivity contribution in [1.29, 1.82) is 0 Å². The lowest BCUT2D eigenvalue weighted by Gasteiger charge is -2.31. The molecule has 0 aromatic heterocycles. The normalized spacial score (nSPS) is 16.8. The number of carbonyl (C=O) groups is 1. The van der Waals surface area contributed by atoms with E-state index in [9.17, 15) is 18.7 Å². The minimum atomic E-state index is -1.05. The second kappa shape index (κ2) is 13.3. The van der Waals surface area contributed by atoms with Gasteiger partial charge in [-0.2, -0.15) is 0 Å². The summed E-state index contributed by atoms with van der Waals surface area (Å²) in [6, 6.07) is 0.124. The third kappa shape index (κ3) is 7.94. The Hall–Kier alpha value is -1.33. The molecule has 0 saturated heterocycles. The van der Waals surface area contributed by atoms with E-state index in [-0.39, 0.29) is 33.9 Å². The summed E-state index contributed by atoms with van der Waals surface area (Å²) in [5.74, 6) is -2.40. The zero-order chi connectivity index (χ0) is 23.7. The maximum absolute atomic E-state index is 14.9. The highest BCUT2D eigenvalue weighted by Crippen LogP contribution is 2.42. The van der Waals surface area contributed by atoms with E-state index in [0.717, 1.165) is 31.7 Å². The maximum Gasteiger partial charge on any atom is 0.223 e. The summed E-state index contributed by atoms with van der Waals surface area (Å²) in [4.78, 5) is 12.8. The fourth-order valence-electron chi connectivity index (χ4n) is 3.82. The first-order valence-corrected chi connectivity index (χ1v) is 11.8. The van der Waals surface area contributed by atoms with E-state index in [0.29, 0.717) is 12.0 Å². The molecule has 0 radical (unpaired) electrons. The average Bonchev–Trinajstić information content (AvgIpc) is 3.21. The quantitative estimate of drug-likeness (QED) is 0.294. The third-order valence-corrected chi connectivity index (χ3v) is 6.22. The Balaban J connectivity index is 0.00000151. The smallest absolute Gasteiger partial charge is 0.223 e. The molecule has 0 aliphatic heterocycles. The lowest BCUT2D eigenvalue weighted by molar-refractivity contribution is -0.125. The highest BCUT2D eigenvalue weighted by atomic mass is 35.5. The van der Waals surface area contributed by atoms with Crippen LogP contribution in [0, 0.1) is 17.7 Å². The van der Waals surface area contributed by atoms with Gasteiger partial charge in [0.2, 0.25) is 5.91 Å². The standard InChI is InChI=1S/C21H27Cl2F2NO2.C3H8/c1-11(2)14(9-8-12(3)24)20(26-21(28)13-6-4-5-7-13)17-18(23)15(22)10-16(27)19(17)25;1-3-2/h10,12-14,20,27H,1,4-9H2,2-3H3,(H,26,28);3H2,1-2H3. The molecule has 2 N–H and O–H groups in total. The van der Waals surface area contributed by atoms with E-state index < -0.39 is 29.7 Å². The maximum atomic E-state index is 14.9. The molecule has 0 bridgehead atoms. The van der Waals surface area contributed by atoms with E-state index in [1.54, 1.807) is 6.92 Å². The van der Waals surface area contributed by atoms with Crippen LogP contribution >= 0.6 is 23.2 Å². The van der Waals surface area contributed by atoms with Crippen LogP contribution in [0.3, 0.4) is 0 Å². The molecule has 1 aliphatic carbocycles. The highest BCUT2D eigenvalue weighted by Gasteiger charge is 2.34. The van der Waals surface area contributed by atoms with E-state index in [1.165, 1.54) is 13.3 Å². The van der Waals surface area contributed by atoms with Crippen molar-refractivity contribution >= 4 is 29.1 Å². The first-order chi connectivity index (χ1) is 14.5. The van der Waals surface area contributed by atoms with E-state index in [2.05, 4.69) is 25.7 Å². The zero-order valence-electron chi connectivity index (χ0n) is 18.9. The first-order valence-electron chi connectivity index (χ1n) is 11.0. The topological polar surface area (TPSA) is 49.3 Å². The Morgan fingerprint density at radius 2 is 1.84 bits per heavy atom. The number of carbonyl (C=O) groups excluding carboxylic acids is 1. The largest absolute Gasteiger partial charge is 0.505 e. The fourth-order valence-corrected chi connectivity index (χ4v) is 4.28. The summed E-state index contributed by atoms with van der Waals surface area (Å²) in [6.07, 6.45) is 4.24. The van der Waals surface area contributed by atoms with E-state index in [1.807, 2.05) is 0 Å². The lowest BCUT2D eigenvalue weighted by atomic mass is 9.83. The van der Waals surface area contributed by atoms with Crippen LogP contribution in [0.15, 0.2) is 18.2 Å². The second-order valence-electron chi connectivity index (χ2n) is 8.40. The van der Waals surface area contributed by atoms with Crippen LogP contribution in [0.1, 0.15) is 84.2 Å². The molecule has 3 nitrogen and oxygen atoms in total. The van der Waals surface area contributed by atoms with Crippen molar-refractivity contribution in [2.24, 2.45) is 11.8 Å². The summed E-state index contributed by atoms with van der Waals surface area (Å²) in [6.45, 7) is 11.4. The number of phenols is 1. The monoisotopic (exact) mass is 477 g/mol. The molecule has 176 valence electrons. The SMILES string of the molecule is C=C(C)C(CCC(C)F)C(NC(=O)C1CCCC1)c1c(F)c(O)cc(Cl)c1Cl.CCC. The summed E-state index contributed by atoms with van der Waals surface area (Å²) >= 11 is 12.3. The molecule has 3 unspecified atom stereocenters. The number of amides is 1. The number of halogens is 4. The number of phenolic OH excluding ortho intramolecular Hbond substituents is 1. The highest BCUT2D eigenvalue weighted by molar-refractivity contribution is 6.42. The molecule has 0 spiro atoms. The molecule has 1 aromatic carbocycles. The molecule has 2 rings (SSSR count). The molecule has 7 heteroatoms. The van der Waals surface area contributed by atoms with Crippen molar-refractivity contribution in [1.82, 2.24) is 5.32 Å². The van der Waals surface area contributed by atoms with Crippen LogP contribution in [0.4, 0.5) is 8.78 Å². The number of benzene rings is 1. The number of hydrogen-bond acceptors (Lipinski definition) is 2. The van der Waals surface area contributed by atoms with E-state index in [4.69, 9.17) is 23.2 Å². The number of rotatable bonds is 8. The second-order valence-corrected chi connectivity index (χ2v) is 9.19. The zero-order valence-corrected chi connectivity index (χ0v) is 20.4. The van der Waals surface area contributed by atoms with Gasteiger partial charge in [-0.1, -0.05) is 68.5 Å². The van der Waals surface area contributed by atoms with Gasteiger partial charge in [0, 0.05) is 23.5 Å². The molecule has 1 fully saturated rings. The molecule has 1 aliphatic rings. The van der Waals surface area contributed by atoms with Crippen LogP contribution < -0.4 is 5.32 Å². The Bertz CT molecular complexity index is 723. The van der Waals surface area contributed by atoms with Crippen molar-refractivity contribution in [3.63, 3.8) is 0 Å². The predicted octanol–water partition coefficient (Wildman–Crippen LogP) is 7.93. The molecule has 1 saturated carbocycles. The summed E-state index contributed by atoms with van der Waals surface area (Å²) in [7, 11) is 0. The first kappa shape index (κ1) is 27.7. The van der Waals surface area contributed by atoms with E-state index >= 15 is 0 Å². The van der Waals surface area contributed by atoms with Crippen molar-refractivity contribution in [2.75, 3.05) is 0 Å². The fraction of sp³-hybridized carbons (Fsp3) is 0.625. The van der Waals surface area contributed by atoms with Crippen molar-refractivity contribution in [2.45, 2.75) is 84.9 Å². The van der Waals surface area contributed by atoms with Gasteiger partial charge in [0.25, 0.3) is 0 Å². The number of hydrogen-bond donors (Lipinski definition) is 2. The summed E-state index contributed by atoms with van der Waals surface area (Å²) < 4.78 is 28.4. The number of nitrogens with one attached hydrogen (secondary N) is 1. The van der Waals surface area contributed by atoms with Gasteiger partial charge in [-0.25, -0.2) is 8.78 Å². The van der Waals surface area contributed by atoms with Gasteiger partial charge in [0.1, 0.15) is 0 Å². The molecule has 0 heterocycles. The lowest BCUT2D eigenvalue weighted by Crippen LogP contribution is -2.38. The van der Waals surface area contributed by atoms with Gasteiger partial charge in [-0.3, -0.25) is 4.79 Å². The van der Waals surface area contributed by atoms with Crippen LogP contribution in [-0.4, -0.2) is 17.2 Å². The van der Waals surface area contributed by atoms with Gasteiger partial charge in [-0.05, 0) is 39.5 Å². The molecule has 3 atom stereocenters. The minimum Gasteiger partial charge on any atom is -0.505 e. The molecule has 31 heavy (non-hydrogen) atoms. The number of aromatic hydroxyl groups is 1. The Kier molecular flexibility index (Phi) is 11.9. The van der Waals surface area contributed by atoms with Gasteiger partial charge >= 0.3 is 0 Å². The van der Waals surface area contributed by atoms with Crippen molar-refractivity contribution in [3.8, 4) is 5.75 Å². The molecule has 1 amide bonds. The van der Waals surface area contributed by atoms with Crippen molar-refractivity contribution in [3.05, 3.63) is 39.6 Å². The minimum absolute atomic E-state index is 0.0185. The van der Waals surface area contributed by atoms with Crippen LogP contribution in [0.5, 0.6) is 5.75 Å². The Labute approximate surface area is 195 Å². The average molecular weight is 478 g/mol. The van der Waals surface area contributed by atoms with Crippen molar-refractivity contribution < 1.29 is 18.7 Å². The van der Waals surface area contributed by atoms with Crippen LogP contribution in [0.2, 0.25) is 10.0 Å². The Morgan fingerprint density at radius 3 is 2.32 bits per heavy atom. The number of alkyl halides is 1. The van der Waals surface area contributed by atoms with Gasteiger partial charge < -0.3 is 10.4 Å². The van der Waals surface area contributed by atoms with Gasteiger partial charge in [0.05, 0.1) is 22.3 Å². The van der Waals surface area contributed by atoms with Crippen LogP contribution in [-0.2, 0) is 4.79 Å². The van der Waals surface area contributed by atoms with Gasteiger partial charge in [-0.15, -0.1) is 0 Å². The molecular formula is C24H35Cl2F2NO2. The summed E-state index contributed by atoms with van der Waals surface area (Å²) in [5, 5.41) is 12.7. The Morgan fingerprint density at radius 1 is 1.29 bits per heavy atom. The third-order valence-electron chi connectivity index (χ3n) is 5.42. The van der Waals surface area contributed by atoms with Gasteiger partial charge in [0.15, 0.2) is 11.6 Å². The summed E-state index contributed by atoms with van der Waals surface area (Å²) in [5.41, 5.74) is 0.574. The predicted molar refractivity (Wildman–Crippen MR) is 125 cm³/mol. The van der Waals surface area contributed by atoms with Crippen LogP contribution in [0.25, 0.3) is 0 Å². The molecule has 1 aromatic rings. The molecular weight excluding hydrogens is 443 g/mol.